The number of tetrazole rings is 1. The van der Waals surface area contributed by atoms with Crippen molar-refractivity contribution in [2.24, 2.45) is 0 Å². The van der Waals surface area contributed by atoms with Crippen LogP contribution < -0.4 is 4.74 Å². The predicted octanol–water partition coefficient (Wildman–Crippen LogP) is 3.47. The second-order valence-corrected chi connectivity index (χ2v) is 8.00. The van der Waals surface area contributed by atoms with Crippen LogP contribution in [0.5, 0.6) is 5.75 Å². The molecular weight excluding hydrogens is 380 g/mol. The Bertz CT molecular complexity index is 1000. The number of fused-ring (bicyclic) bond motifs is 1. The maximum absolute atomic E-state index is 10.2. The number of thioether (sulfide) groups is 1. The van der Waals surface area contributed by atoms with Gasteiger partial charge in [-0.05, 0) is 44.8 Å². The molecule has 27 heavy (non-hydrogen) atoms. The van der Waals surface area contributed by atoms with Crippen molar-refractivity contribution in [2.75, 3.05) is 12.4 Å². The van der Waals surface area contributed by atoms with Crippen molar-refractivity contribution >= 4 is 33.9 Å². The molecule has 4 aromatic rings. The van der Waals surface area contributed by atoms with E-state index in [1.54, 1.807) is 16.0 Å². The standard InChI is InChI=1S/C19H18N4O2S2/c24-16(12-25-17-8-7-14-4-1-2-5-15(14)10-17)13-27-19-20-21-22-23(19)11-18-6-3-9-26-18/h1-10,16,24H,11-13H2. The van der Waals surface area contributed by atoms with E-state index in [-0.39, 0.29) is 6.61 Å². The number of hydrogen-bond donors (Lipinski definition) is 1. The lowest BCUT2D eigenvalue weighted by atomic mass is 10.1. The Balaban J connectivity index is 1.29. The number of aliphatic hydroxyl groups is 1. The third-order valence-corrected chi connectivity index (χ3v) is 5.92. The van der Waals surface area contributed by atoms with E-state index >= 15 is 0 Å². The highest BCUT2D eigenvalue weighted by atomic mass is 32.2. The molecule has 4 rings (SSSR count). The highest BCUT2D eigenvalue weighted by Crippen LogP contribution is 2.22. The molecule has 0 bridgehead atoms. The Labute approximate surface area is 164 Å². The van der Waals surface area contributed by atoms with Gasteiger partial charge in [-0.25, -0.2) is 4.68 Å². The molecule has 0 fully saturated rings. The van der Waals surface area contributed by atoms with Crippen LogP contribution in [0, 0.1) is 0 Å². The zero-order valence-electron chi connectivity index (χ0n) is 14.4. The maximum atomic E-state index is 10.2. The number of benzene rings is 2. The lowest BCUT2D eigenvalue weighted by molar-refractivity contribution is 0.126. The largest absolute Gasteiger partial charge is 0.491 e. The fourth-order valence-corrected chi connectivity index (χ4v) is 4.09. The lowest BCUT2D eigenvalue weighted by Crippen LogP contribution is -2.20. The van der Waals surface area contributed by atoms with Gasteiger partial charge in [-0.1, -0.05) is 48.2 Å². The fourth-order valence-electron chi connectivity index (χ4n) is 2.62. The van der Waals surface area contributed by atoms with Crippen molar-refractivity contribution in [3.63, 3.8) is 0 Å². The Kier molecular flexibility index (Phi) is 5.66. The van der Waals surface area contributed by atoms with Crippen LogP contribution in [0.1, 0.15) is 4.88 Å². The van der Waals surface area contributed by atoms with Gasteiger partial charge in [0.15, 0.2) is 0 Å². The molecule has 0 saturated heterocycles. The second kappa shape index (κ2) is 8.51. The summed E-state index contributed by atoms with van der Waals surface area (Å²) in [6.45, 7) is 0.856. The van der Waals surface area contributed by atoms with Gasteiger partial charge >= 0.3 is 0 Å². The van der Waals surface area contributed by atoms with E-state index in [0.717, 1.165) is 11.1 Å². The van der Waals surface area contributed by atoms with Crippen LogP contribution in [0.3, 0.4) is 0 Å². The molecule has 2 heterocycles. The van der Waals surface area contributed by atoms with Crippen LogP contribution in [0.15, 0.2) is 65.1 Å². The minimum atomic E-state index is -0.617. The quantitative estimate of drug-likeness (QED) is 0.458. The third kappa shape index (κ3) is 4.65. The van der Waals surface area contributed by atoms with Crippen LogP contribution >= 0.6 is 23.1 Å². The molecule has 6 nitrogen and oxygen atoms in total. The lowest BCUT2D eigenvalue weighted by Gasteiger charge is -2.12. The van der Waals surface area contributed by atoms with E-state index in [1.807, 2.05) is 53.9 Å². The number of thiophene rings is 1. The summed E-state index contributed by atoms with van der Waals surface area (Å²) in [5, 5.41) is 27.0. The topological polar surface area (TPSA) is 73.1 Å². The number of rotatable bonds is 8. The van der Waals surface area contributed by atoms with Crippen molar-refractivity contribution in [1.29, 1.82) is 0 Å². The molecule has 1 atom stereocenters. The van der Waals surface area contributed by atoms with Gasteiger partial charge in [-0.2, -0.15) is 0 Å². The minimum absolute atomic E-state index is 0.220. The maximum Gasteiger partial charge on any atom is 0.209 e. The summed E-state index contributed by atoms with van der Waals surface area (Å²) in [5.74, 6) is 1.21. The SMILES string of the molecule is OC(COc1ccc2ccccc2c1)CSc1nnnn1Cc1cccs1. The first-order valence-electron chi connectivity index (χ1n) is 8.49. The molecule has 138 valence electrons. The molecule has 1 N–H and O–H groups in total. The van der Waals surface area contributed by atoms with Gasteiger partial charge in [-0.15, -0.1) is 16.4 Å². The van der Waals surface area contributed by atoms with Gasteiger partial charge in [0.2, 0.25) is 5.16 Å². The normalized spacial score (nSPS) is 12.3. The molecule has 0 aliphatic rings. The molecule has 0 spiro atoms. The summed E-state index contributed by atoms with van der Waals surface area (Å²) < 4.78 is 7.48. The van der Waals surface area contributed by atoms with Crippen molar-refractivity contribution in [3.05, 3.63) is 64.9 Å². The van der Waals surface area contributed by atoms with Crippen molar-refractivity contribution < 1.29 is 9.84 Å². The van der Waals surface area contributed by atoms with Gasteiger partial charge in [0, 0.05) is 10.6 Å². The summed E-state index contributed by atoms with van der Waals surface area (Å²) in [5.41, 5.74) is 0. The third-order valence-electron chi connectivity index (χ3n) is 3.95. The average Bonchev–Trinajstić information content (AvgIpc) is 3.37. The zero-order valence-corrected chi connectivity index (χ0v) is 16.1. The first-order chi connectivity index (χ1) is 13.3. The predicted molar refractivity (Wildman–Crippen MR) is 107 cm³/mol. The molecule has 1 unspecified atom stereocenters. The number of ether oxygens (including phenoxy) is 1. The molecule has 0 aliphatic heterocycles. The zero-order chi connectivity index (χ0) is 18.5. The van der Waals surface area contributed by atoms with E-state index < -0.39 is 6.10 Å². The molecule has 8 heteroatoms. The molecule has 0 aliphatic carbocycles. The number of nitrogens with zero attached hydrogens (tertiary/aromatic N) is 4. The smallest absolute Gasteiger partial charge is 0.209 e. The molecule has 2 aromatic carbocycles. The van der Waals surface area contributed by atoms with Crippen molar-refractivity contribution in [3.8, 4) is 5.75 Å². The summed E-state index contributed by atoms with van der Waals surface area (Å²) in [4.78, 5) is 1.18. The van der Waals surface area contributed by atoms with Gasteiger partial charge in [0.05, 0.1) is 12.6 Å². The van der Waals surface area contributed by atoms with Gasteiger partial charge < -0.3 is 9.84 Å². The van der Waals surface area contributed by atoms with Crippen LogP contribution in [0.4, 0.5) is 0 Å². The first-order valence-corrected chi connectivity index (χ1v) is 10.4. The number of aliphatic hydroxyl groups excluding tert-OH is 1. The van der Waals surface area contributed by atoms with Crippen LogP contribution in [0.2, 0.25) is 0 Å². The highest BCUT2D eigenvalue weighted by molar-refractivity contribution is 7.99. The average molecular weight is 399 g/mol. The van der Waals surface area contributed by atoms with Crippen LogP contribution in [0.25, 0.3) is 10.8 Å². The Hall–Kier alpha value is -2.42. The summed E-state index contributed by atoms with van der Waals surface area (Å²) in [6, 6.07) is 18.1. The fraction of sp³-hybridized carbons (Fsp3) is 0.211. The summed E-state index contributed by atoms with van der Waals surface area (Å²) >= 11 is 3.09. The Morgan fingerprint density at radius 2 is 2.00 bits per heavy atom. The van der Waals surface area contributed by atoms with E-state index in [0.29, 0.717) is 17.5 Å². The molecular formula is C19H18N4O2S2. The summed E-state index contributed by atoms with van der Waals surface area (Å²) in [6.07, 6.45) is -0.617. The first kappa shape index (κ1) is 18.0. The second-order valence-electron chi connectivity index (χ2n) is 5.98. The Morgan fingerprint density at radius 3 is 2.85 bits per heavy atom. The van der Waals surface area contributed by atoms with Gasteiger partial charge in [0.25, 0.3) is 0 Å². The summed E-state index contributed by atoms with van der Waals surface area (Å²) in [7, 11) is 0. The van der Waals surface area contributed by atoms with E-state index in [9.17, 15) is 5.11 Å². The molecule has 0 saturated carbocycles. The van der Waals surface area contributed by atoms with Crippen molar-refractivity contribution in [1.82, 2.24) is 20.2 Å². The number of hydrogen-bond acceptors (Lipinski definition) is 7. The van der Waals surface area contributed by atoms with Crippen LogP contribution in [-0.4, -0.2) is 43.8 Å². The van der Waals surface area contributed by atoms with Crippen LogP contribution in [-0.2, 0) is 6.54 Å². The minimum Gasteiger partial charge on any atom is -0.491 e. The van der Waals surface area contributed by atoms with E-state index in [2.05, 4.69) is 21.6 Å². The van der Waals surface area contributed by atoms with Gasteiger partial charge in [0.1, 0.15) is 12.4 Å². The van der Waals surface area contributed by atoms with E-state index in [1.165, 1.54) is 22.0 Å². The molecule has 0 radical (unpaired) electrons. The molecule has 2 aromatic heterocycles. The van der Waals surface area contributed by atoms with Gasteiger partial charge in [-0.3, -0.25) is 0 Å². The Morgan fingerprint density at radius 1 is 1.11 bits per heavy atom. The van der Waals surface area contributed by atoms with E-state index in [4.69, 9.17) is 4.74 Å². The monoisotopic (exact) mass is 398 g/mol. The highest BCUT2D eigenvalue weighted by Gasteiger charge is 2.12. The number of aromatic nitrogens is 4. The van der Waals surface area contributed by atoms with Crippen molar-refractivity contribution in [2.45, 2.75) is 17.8 Å². The molecule has 0 amide bonds.